The smallest absolute Gasteiger partial charge is 0.303 e. The predicted octanol–water partition coefficient (Wildman–Crippen LogP) is 3.39. The zero-order valence-corrected chi connectivity index (χ0v) is 15.5. The van der Waals surface area contributed by atoms with E-state index in [-0.39, 0.29) is 17.5 Å². The minimum Gasteiger partial charge on any atom is -0.457 e. The third-order valence-corrected chi connectivity index (χ3v) is 10.6. The molecule has 9 aliphatic rings. The van der Waals surface area contributed by atoms with Gasteiger partial charge >= 0.3 is 5.97 Å². The molecular formula is C22H29NO2. The summed E-state index contributed by atoms with van der Waals surface area (Å²) >= 11 is 0. The summed E-state index contributed by atoms with van der Waals surface area (Å²) in [4.78, 5) is 14.9. The number of ether oxygens (including phenoxy) is 1. The van der Waals surface area contributed by atoms with Crippen LogP contribution in [0.1, 0.15) is 52.4 Å². The first-order valence-corrected chi connectivity index (χ1v) is 10.6. The van der Waals surface area contributed by atoms with Gasteiger partial charge < -0.3 is 4.74 Å². The Hall–Kier alpha value is -0.830. The molecule has 3 saturated heterocycles. The van der Waals surface area contributed by atoms with Crippen LogP contribution in [-0.2, 0) is 9.53 Å². The number of carbonyl (C=O) groups is 1. The molecule has 134 valence electrons. The molecule has 0 aromatic heterocycles. The Labute approximate surface area is 150 Å². The standard InChI is InChI=1S/C22H29NO2/c1-11-13-7-14-18-21-6-4-5-20(3)10-23(18)15(17(20)21)9-22(14,16(21)8-13)19(11)25-12(2)24/h13-19H,1,4-10H2,2-3H3/t13-,14?,15-,16-,17+,18?,19+,20-,21+,22+/m0/s1. The van der Waals surface area contributed by atoms with Gasteiger partial charge in [-0.25, -0.2) is 0 Å². The van der Waals surface area contributed by atoms with Crippen molar-refractivity contribution in [3.8, 4) is 0 Å². The zero-order chi connectivity index (χ0) is 16.9. The number of hydrogen-bond donors (Lipinski definition) is 0. The molecular weight excluding hydrogens is 310 g/mol. The quantitative estimate of drug-likeness (QED) is 0.542. The number of nitrogens with zero attached hydrogens (tertiary/aromatic N) is 1. The highest BCUT2D eigenvalue weighted by Gasteiger charge is 2.88. The molecule has 0 aromatic rings. The van der Waals surface area contributed by atoms with Crippen LogP contribution in [0.3, 0.4) is 0 Å². The van der Waals surface area contributed by atoms with Crippen molar-refractivity contribution in [1.82, 2.24) is 4.90 Å². The van der Waals surface area contributed by atoms with Gasteiger partial charge in [0.15, 0.2) is 0 Å². The SMILES string of the molecule is C=C1[C@H]2CC3C4N5C[C@]6(C)CCC[C@]47[C@H](C2)[C@]3(C[C@H]5[C@H]67)[C@@H]1OC(C)=O. The van der Waals surface area contributed by atoms with Gasteiger partial charge in [0.2, 0.25) is 0 Å². The molecule has 0 aromatic carbocycles. The lowest BCUT2D eigenvalue weighted by molar-refractivity contribution is -0.191. The summed E-state index contributed by atoms with van der Waals surface area (Å²) < 4.78 is 6.06. The number of fused-ring (bicyclic) bond motifs is 1. The topological polar surface area (TPSA) is 29.5 Å². The van der Waals surface area contributed by atoms with Crippen molar-refractivity contribution in [3.63, 3.8) is 0 Å². The second-order valence-electron chi connectivity index (χ2n) is 11.0. The van der Waals surface area contributed by atoms with Gasteiger partial charge in [-0.2, -0.15) is 0 Å². The van der Waals surface area contributed by atoms with Crippen molar-refractivity contribution in [1.29, 1.82) is 0 Å². The van der Waals surface area contributed by atoms with E-state index in [1.807, 2.05) is 0 Å². The number of carbonyl (C=O) groups excluding carboxylic acids is 1. The molecule has 0 amide bonds. The lowest BCUT2D eigenvalue weighted by atomic mass is 9.40. The average Bonchev–Trinajstić information content (AvgIpc) is 2.96. The first kappa shape index (κ1) is 14.3. The van der Waals surface area contributed by atoms with Gasteiger partial charge in [0.25, 0.3) is 0 Å². The van der Waals surface area contributed by atoms with E-state index >= 15 is 0 Å². The van der Waals surface area contributed by atoms with Crippen LogP contribution in [-0.4, -0.2) is 35.6 Å². The fourth-order valence-corrected chi connectivity index (χ4v) is 10.7. The fourth-order valence-electron chi connectivity index (χ4n) is 10.7. The van der Waals surface area contributed by atoms with Crippen molar-refractivity contribution >= 4 is 5.97 Å². The third-order valence-electron chi connectivity index (χ3n) is 10.6. The molecule has 3 nitrogen and oxygen atoms in total. The van der Waals surface area contributed by atoms with E-state index in [0.29, 0.717) is 16.7 Å². The summed E-state index contributed by atoms with van der Waals surface area (Å²) in [7, 11) is 0. The molecule has 2 spiro atoms. The lowest BCUT2D eigenvalue weighted by Gasteiger charge is -2.65. The predicted molar refractivity (Wildman–Crippen MR) is 93.6 cm³/mol. The van der Waals surface area contributed by atoms with Crippen molar-refractivity contribution in [2.75, 3.05) is 6.54 Å². The number of esters is 1. The molecule has 0 N–H and O–H groups in total. The maximum atomic E-state index is 11.9. The monoisotopic (exact) mass is 339 g/mol. The second kappa shape index (κ2) is 3.74. The summed E-state index contributed by atoms with van der Waals surface area (Å²) in [6.07, 6.45) is 8.28. The Bertz CT molecular complexity index is 746. The Morgan fingerprint density at radius 1 is 1.28 bits per heavy atom. The van der Waals surface area contributed by atoms with Gasteiger partial charge in [0.1, 0.15) is 6.10 Å². The summed E-state index contributed by atoms with van der Waals surface area (Å²) in [6.45, 7) is 10.0. The molecule has 3 unspecified atom stereocenters. The molecule has 9 rings (SSSR count). The highest BCUT2D eigenvalue weighted by atomic mass is 16.5. The number of hydrogen-bond acceptors (Lipinski definition) is 3. The van der Waals surface area contributed by atoms with Crippen molar-refractivity contribution in [2.24, 2.45) is 39.9 Å². The van der Waals surface area contributed by atoms with Gasteiger partial charge in [0.05, 0.1) is 0 Å². The van der Waals surface area contributed by atoms with Crippen LogP contribution >= 0.6 is 0 Å². The largest absolute Gasteiger partial charge is 0.457 e. The Kier molecular flexibility index (Phi) is 2.13. The van der Waals surface area contributed by atoms with Crippen LogP contribution in [0, 0.1) is 39.9 Å². The Morgan fingerprint density at radius 2 is 2.12 bits per heavy atom. The van der Waals surface area contributed by atoms with Gasteiger partial charge in [-0.1, -0.05) is 19.9 Å². The van der Waals surface area contributed by atoms with E-state index in [0.717, 1.165) is 29.8 Å². The average molecular weight is 339 g/mol. The van der Waals surface area contributed by atoms with E-state index < -0.39 is 0 Å². The summed E-state index contributed by atoms with van der Waals surface area (Å²) in [6, 6.07) is 1.56. The van der Waals surface area contributed by atoms with Crippen molar-refractivity contribution < 1.29 is 9.53 Å². The minimum atomic E-state index is -0.0995. The molecule has 9 bridgehead atoms. The third kappa shape index (κ3) is 1.15. The van der Waals surface area contributed by atoms with E-state index in [4.69, 9.17) is 4.74 Å². The van der Waals surface area contributed by atoms with Crippen LogP contribution in [0.2, 0.25) is 0 Å². The molecule has 3 aliphatic heterocycles. The molecule has 9 fully saturated rings. The van der Waals surface area contributed by atoms with Crippen LogP contribution in [0.5, 0.6) is 0 Å². The normalized spacial score (nSPS) is 67.2. The number of rotatable bonds is 1. The molecule has 25 heavy (non-hydrogen) atoms. The van der Waals surface area contributed by atoms with Gasteiger partial charge in [-0.15, -0.1) is 0 Å². The van der Waals surface area contributed by atoms with E-state index in [9.17, 15) is 4.79 Å². The minimum absolute atomic E-state index is 0.0197. The van der Waals surface area contributed by atoms with Crippen LogP contribution in [0.25, 0.3) is 0 Å². The second-order valence-corrected chi connectivity index (χ2v) is 11.0. The van der Waals surface area contributed by atoms with Crippen LogP contribution in [0.15, 0.2) is 12.2 Å². The van der Waals surface area contributed by atoms with Crippen molar-refractivity contribution in [2.45, 2.75) is 70.6 Å². The van der Waals surface area contributed by atoms with E-state index in [1.54, 1.807) is 6.92 Å². The highest BCUT2D eigenvalue weighted by molar-refractivity contribution is 5.67. The number of piperidine rings is 2. The Morgan fingerprint density at radius 3 is 2.92 bits per heavy atom. The summed E-state index contributed by atoms with van der Waals surface area (Å²) in [5.41, 5.74) is 2.61. The first-order chi connectivity index (χ1) is 11.9. The molecule has 6 saturated carbocycles. The lowest BCUT2D eigenvalue weighted by Crippen LogP contribution is -2.64. The fraction of sp³-hybridized carbons (Fsp3) is 0.864. The van der Waals surface area contributed by atoms with Crippen LogP contribution in [0.4, 0.5) is 0 Å². The van der Waals surface area contributed by atoms with E-state index in [2.05, 4.69) is 18.4 Å². The summed E-state index contributed by atoms with van der Waals surface area (Å²) in [5, 5.41) is 0. The van der Waals surface area contributed by atoms with Gasteiger partial charge in [-0.05, 0) is 72.2 Å². The van der Waals surface area contributed by atoms with Gasteiger partial charge in [-0.3, -0.25) is 9.69 Å². The van der Waals surface area contributed by atoms with Crippen molar-refractivity contribution in [3.05, 3.63) is 12.2 Å². The maximum Gasteiger partial charge on any atom is 0.303 e. The van der Waals surface area contributed by atoms with E-state index in [1.165, 1.54) is 50.6 Å². The molecule has 11 atom stereocenters. The maximum absolute atomic E-state index is 11.9. The highest BCUT2D eigenvalue weighted by Crippen LogP contribution is 2.87. The first-order valence-electron chi connectivity index (χ1n) is 10.6. The zero-order valence-electron chi connectivity index (χ0n) is 15.5. The Balaban J connectivity index is 1.46. The molecule has 3 heteroatoms. The van der Waals surface area contributed by atoms with Gasteiger partial charge in [0, 0.05) is 31.0 Å². The summed E-state index contributed by atoms with van der Waals surface area (Å²) in [5.74, 6) is 2.97. The molecule has 6 aliphatic carbocycles. The molecule has 0 radical (unpaired) electrons. The van der Waals surface area contributed by atoms with Crippen LogP contribution < -0.4 is 0 Å². The molecule has 3 heterocycles.